The fraction of sp³-hybridized carbons (Fsp3) is 0.167. The molecular weight excluding hydrogens is 288 g/mol. The van der Waals surface area contributed by atoms with Crippen LogP contribution in [0.15, 0.2) is 41.6 Å². The third-order valence-corrected chi connectivity index (χ3v) is 4.63. The van der Waals surface area contributed by atoms with Crippen LogP contribution in [0.1, 0.15) is 18.6 Å². The van der Waals surface area contributed by atoms with Crippen molar-refractivity contribution in [1.82, 2.24) is 3.97 Å². The Hall–Kier alpha value is -1.50. The lowest BCUT2D eigenvalue weighted by atomic mass is 10.2. The number of rotatable bonds is 3. The van der Waals surface area contributed by atoms with Crippen molar-refractivity contribution in [3.63, 3.8) is 0 Å². The molecule has 1 aromatic heterocycles. The van der Waals surface area contributed by atoms with E-state index >= 15 is 0 Å². The number of benzene rings is 1. The summed E-state index contributed by atoms with van der Waals surface area (Å²) >= 11 is 5.80. The van der Waals surface area contributed by atoms with Gasteiger partial charge in [0.05, 0.1) is 11.8 Å². The summed E-state index contributed by atoms with van der Waals surface area (Å²) in [5.74, 6) is 0. The maximum atomic E-state index is 12.4. The van der Waals surface area contributed by atoms with E-state index < -0.39 is 16.1 Å². The van der Waals surface area contributed by atoms with E-state index in [9.17, 15) is 13.5 Å². The number of anilines is 1. The first-order chi connectivity index (χ1) is 8.82. The van der Waals surface area contributed by atoms with Gasteiger partial charge in [-0.3, -0.25) is 0 Å². The topological polar surface area (TPSA) is 85.3 Å². The van der Waals surface area contributed by atoms with Gasteiger partial charge in [-0.05, 0) is 36.8 Å². The van der Waals surface area contributed by atoms with Crippen LogP contribution in [0, 0.1) is 0 Å². The number of nitrogens with zero attached hydrogens (tertiary/aromatic N) is 1. The number of aliphatic hydroxyl groups is 1. The maximum Gasteiger partial charge on any atom is 0.269 e. The highest BCUT2D eigenvalue weighted by molar-refractivity contribution is 7.90. The van der Waals surface area contributed by atoms with E-state index in [2.05, 4.69) is 0 Å². The number of hydrogen-bond donors (Lipinski definition) is 2. The number of halogens is 1. The van der Waals surface area contributed by atoms with Crippen LogP contribution >= 0.6 is 11.6 Å². The van der Waals surface area contributed by atoms with Crippen molar-refractivity contribution < 1.29 is 13.5 Å². The van der Waals surface area contributed by atoms with Gasteiger partial charge in [0.15, 0.2) is 0 Å². The highest BCUT2D eigenvalue weighted by Gasteiger charge is 2.20. The zero-order valence-corrected chi connectivity index (χ0v) is 11.7. The third-order valence-electron chi connectivity index (χ3n) is 2.70. The molecule has 5 nitrogen and oxygen atoms in total. The van der Waals surface area contributed by atoms with Gasteiger partial charge in [-0.1, -0.05) is 11.6 Å². The summed E-state index contributed by atoms with van der Waals surface area (Å²) in [5.41, 5.74) is 6.30. The lowest BCUT2D eigenvalue weighted by Gasteiger charge is -2.09. The van der Waals surface area contributed by atoms with Crippen LogP contribution in [-0.4, -0.2) is 17.5 Å². The van der Waals surface area contributed by atoms with Crippen molar-refractivity contribution in [1.29, 1.82) is 0 Å². The molecule has 2 rings (SSSR count). The first-order valence-electron chi connectivity index (χ1n) is 5.49. The molecule has 0 spiro atoms. The van der Waals surface area contributed by atoms with Gasteiger partial charge < -0.3 is 10.8 Å². The molecule has 1 unspecified atom stereocenters. The SMILES string of the molecule is CC(O)c1ccn(S(=O)(=O)c2cc(Cl)ccc2N)c1. The summed E-state index contributed by atoms with van der Waals surface area (Å²) in [6.07, 6.45) is 1.96. The summed E-state index contributed by atoms with van der Waals surface area (Å²) in [5, 5.41) is 9.71. The fourth-order valence-electron chi connectivity index (χ4n) is 1.63. The summed E-state index contributed by atoms with van der Waals surface area (Å²) in [7, 11) is -3.81. The first kappa shape index (κ1) is 13.9. The molecule has 1 atom stereocenters. The van der Waals surface area contributed by atoms with Crippen molar-refractivity contribution in [3.8, 4) is 0 Å². The van der Waals surface area contributed by atoms with E-state index in [1.54, 1.807) is 6.92 Å². The minimum Gasteiger partial charge on any atom is -0.398 e. The van der Waals surface area contributed by atoms with Crippen molar-refractivity contribution in [2.75, 3.05) is 5.73 Å². The Morgan fingerprint density at radius 3 is 2.63 bits per heavy atom. The van der Waals surface area contributed by atoms with Crippen LogP contribution in [0.5, 0.6) is 0 Å². The lowest BCUT2D eigenvalue weighted by Crippen LogP contribution is -2.13. The maximum absolute atomic E-state index is 12.4. The second-order valence-corrected chi connectivity index (χ2v) is 6.39. The average molecular weight is 301 g/mol. The molecule has 102 valence electrons. The fourth-order valence-corrected chi connectivity index (χ4v) is 3.22. The van der Waals surface area contributed by atoms with Crippen LogP contribution in [0.3, 0.4) is 0 Å². The third kappa shape index (κ3) is 2.60. The molecule has 0 saturated heterocycles. The minimum atomic E-state index is -3.81. The molecule has 0 radical (unpaired) electrons. The summed E-state index contributed by atoms with van der Waals surface area (Å²) in [6, 6.07) is 5.79. The predicted octanol–water partition coefficient (Wildman–Crippen LogP) is 2.01. The van der Waals surface area contributed by atoms with Crippen molar-refractivity contribution in [3.05, 3.63) is 47.2 Å². The van der Waals surface area contributed by atoms with E-state index in [1.807, 2.05) is 0 Å². The summed E-state index contributed by atoms with van der Waals surface area (Å²) in [4.78, 5) is -0.0623. The zero-order valence-electron chi connectivity index (χ0n) is 10.1. The Balaban J connectivity index is 2.55. The Bertz CT molecular complexity index is 708. The van der Waals surface area contributed by atoms with Crippen molar-refractivity contribution >= 4 is 27.3 Å². The quantitative estimate of drug-likeness (QED) is 0.849. The number of nitrogens with two attached hydrogens (primary N) is 1. The largest absolute Gasteiger partial charge is 0.398 e. The molecule has 0 saturated carbocycles. The second kappa shape index (κ2) is 4.88. The molecule has 0 amide bonds. The Morgan fingerprint density at radius 2 is 2.05 bits per heavy atom. The molecule has 7 heteroatoms. The van der Waals surface area contributed by atoms with E-state index in [0.717, 1.165) is 3.97 Å². The molecule has 0 bridgehead atoms. The van der Waals surface area contributed by atoms with Gasteiger partial charge in [0.2, 0.25) is 0 Å². The molecule has 3 N–H and O–H groups in total. The Kier molecular flexibility index (Phi) is 3.58. The van der Waals surface area contributed by atoms with Crippen LogP contribution in [0.4, 0.5) is 5.69 Å². The van der Waals surface area contributed by atoms with E-state index in [4.69, 9.17) is 17.3 Å². The summed E-state index contributed by atoms with van der Waals surface area (Å²) in [6.45, 7) is 1.56. The molecule has 0 aliphatic heterocycles. The van der Waals surface area contributed by atoms with Gasteiger partial charge in [0, 0.05) is 17.4 Å². The van der Waals surface area contributed by atoms with Crippen LogP contribution in [-0.2, 0) is 10.0 Å². The second-order valence-electron chi connectivity index (χ2n) is 4.14. The van der Waals surface area contributed by atoms with Gasteiger partial charge in [0.25, 0.3) is 10.0 Å². The minimum absolute atomic E-state index is 0.0623. The van der Waals surface area contributed by atoms with Gasteiger partial charge in [-0.2, -0.15) is 0 Å². The number of hydrogen-bond acceptors (Lipinski definition) is 4. The number of aromatic nitrogens is 1. The molecule has 19 heavy (non-hydrogen) atoms. The smallest absolute Gasteiger partial charge is 0.269 e. The predicted molar refractivity (Wildman–Crippen MR) is 73.5 cm³/mol. The molecule has 0 fully saturated rings. The highest BCUT2D eigenvalue weighted by atomic mass is 35.5. The van der Waals surface area contributed by atoms with Crippen LogP contribution < -0.4 is 5.73 Å². The molecule has 1 heterocycles. The number of nitrogen functional groups attached to an aromatic ring is 1. The zero-order chi connectivity index (χ0) is 14.2. The first-order valence-corrected chi connectivity index (χ1v) is 7.31. The molecule has 0 aliphatic rings. The molecule has 2 aromatic rings. The Morgan fingerprint density at radius 1 is 1.37 bits per heavy atom. The van der Waals surface area contributed by atoms with E-state index in [0.29, 0.717) is 5.56 Å². The van der Waals surface area contributed by atoms with Crippen molar-refractivity contribution in [2.24, 2.45) is 0 Å². The van der Waals surface area contributed by atoms with Gasteiger partial charge >= 0.3 is 0 Å². The monoisotopic (exact) mass is 300 g/mol. The molecule has 1 aromatic carbocycles. The standard InChI is InChI=1S/C12H13ClN2O3S/c1-8(16)9-4-5-15(7-9)19(17,18)12-6-10(13)2-3-11(12)14/h2-8,16H,14H2,1H3. The normalized spacial score (nSPS) is 13.4. The van der Waals surface area contributed by atoms with E-state index in [-0.39, 0.29) is 15.6 Å². The molecular formula is C12H13ClN2O3S. The van der Waals surface area contributed by atoms with Crippen molar-refractivity contribution in [2.45, 2.75) is 17.9 Å². The van der Waals surface area contributed by atoms with Gasteiger partial charge in [-0.15, -0.1) is 0 Å². The van der Waals surface area contributed by atoms with Crippen LogP contribution in [0.25, 0.3) is 0 Å². The molecule has 0 aliphatic carbocycles. The summed E-state index contributed by atoms with van der Waals surface area (Å²) < 4.78 is 25.8. The van der Waals surface area contributed by atoms with Gasteiger partial charge in [0.1, 0.15) is 4.90 Å². The van der Waals surface area contributed by atoms with Gasteiger partial charge in [-0.25, -0.2) is 12.4 Å². The highest BCUT2D eigenvalue weighted by Crippen LogP contribution is 2.25. The van der Waals surface area contributed by atoms with E-state index in [1.165, 1.54) is 36.7 Å². The Labute approximate surface area is 116 Å². The average Bonchev–Trinajstić information content (AvgIpc) is 2.82. The van der Waals surface area contributed by atoms with Crippen LogP contribution in [0.2, 0.25) is 5.02 Å². The number of aliphatic hydroxyl groups excluding tert-OH is 1. The lowest BCUT2D eigenvalue weighted by molar-refractivity contribution is 0.199.